The van der Waals surface area contributed by atoms with Gasteiger partial charge in [-0.2, -0.15) is 0 Å². The first-order valence-electron chi connectivity index (χ1n) is 11.5. The van der Waals surface area contributed by atoms with Gasteiger partial charge in [-0.1, -0.05) is 11.6 Å². The molecule has 0 radical (unpaired) electrons. The molecule has 8 nitrogen and oxygen atoms in total. The van der Waals surface area contributed by atoms with Crippen molar-refractivity contribution in [1.82, 2.24) is 15.0 Å². The number of aromatic hydroxyl groups is 1. The van der Waals surface area contributed by atoms with Crippen LogP contribution in [0.1, 0.15) is 30.1 Å². The van der Waals surface area contributed by atoms with Crippen molar-refractivity contribution < 1.29 is 14.3 Å². The highest BCUT2D eigenvalue weighted by molar-refractivity contribution is 6.32. The molecule has 1 fully saturated rings. The van der Waals surface area contributed by atoms with Crippen molar-refractivity contribution in [2.24, 2.45) is 5.73 Å². The van der Waals surface area contributed by atoms with E-state index in [4.69, 9.17) is 17.3 Å². The lowest BCUT2D eigenvalue weighted by molar-refractivity contribution is 0.101. The van der Waals surface area contributed by atoms with E-state index < -0.39 is 11.6 Å². The highest BCUT2D eigenvalue weighted by atomic mass is 35.5. The normalized spacial score (nSPS) is 14.6. The Morgan fingerprint density at radius 2 is 1.92 bits per heavy atom. The van der Waals surface area contributed by atoms with Crippen LogP contribution in [0, 0.1) is 5.82 Å². The van der Waals surface area contributed by atoms with Crippen LogP contribution >= 0.6 is 48.8 Å². The predicted octanol–water partition coefficient (Wildman–Crippen LogP) is 6.33. The fourth-order valence-electron chi connectivity index (χ4n) is 4.34. The van der Waals surface area contributed by atoms with Crippen LogP contribution in [0.5, 0.6) is 5.75 Å². The molecule has 13 heteroatoms. The van der Waals surface area contributed by atoms with Crippen molar-refractivity contribution >= 4 is 82.8 Å². The van der Waals surface area contributed by atoms with Crippen LogP contribution in [0.15, 0.2) is 48.8 Å². The zero-order valence-electron chi connectivity index (χ0n) is 20.7. The molecule has 1 saturated heterocycles. The number of pyridine rings is 3. The van der Waals surface area contributed by atoms with Crippen molar-refractivity contribution in [3.05, 3.63) is 65.2 Å². The lowest BCUT2D eigenvalue weighted by Gasteiger charge is -2.31. The molecule has 1 atom stereocenters. The average Bonchev–Trinajstić information content (AvgIpc) is 2.87. The summed E-state index contributed by atoms with van der Waals surface area (Å²) < 4.78 is 14.1. The second kappa shape index (κ2) is 13.4. The van der Waals surface area contributed by atoms with E-state index in [-0.39, 0.29) is 54.1 Å². The molecule has 208 valence electrons. The molecule has 0 amide bonds. The number of rotatable bonds is 5. The van der Waals surface area contributed by atoms with E-state index in [9.17, 15) is 14.3 Å². The second-order valence-corrected chi connectivity index (χ2v) is 9.24. The smallest absolute Gasteiger partial charge is 0.170 e. The van der Waals surface area contributed by atoms with Crippen LogP contribution < -0.4 is 16.0 Å². The first-order chi connectivity index (χ1) is 17.3. The van der Waals surface area contributed by atoms with E-state index in [0.717, 1.165) is 37.8 Å². The van der Waals surface area contributed by atoms with Crippen molar-refractivity contribution in [2.45, 2.75) is 25.8 Å². The Morgan fingerprint density at radius 1 is 1.15 bits per heavy atom. The van der Waals surface area contributed by atoms with Crippen LogP contribution in [0.4, 0.5) is 21.6 Å². The number of fused-ring (bicyclic) bond motifs is 1. The minimum atomic E-state index is -0.853. The minimum Gasteiger partial charge on any atom is -0.504 e. The van der Waals surface area contributed by atoms with Gasteiger partial charge in [-0.25, -0.2) is 14.4 Å². The van der Waals surface area contributed by atoms with E-state index in [1.54, 1.807) is 18.3 Å². The monoisotopic (exact) mass is 614 g/mol. The molecular formula is C26H27Cl4FN6O2. The molecule has 4 aromatic rings. The van der Waals surface area contributed by atoms with Gasteiger partial charge in [0.1, 0.15) is 11.3 Å². The van der Waals surface area contributed by atoms with Crippen molar-refractivity contribution in [1.29, 1.82) is 0 Å². The third-order valence-corrected chi connectivity index (χ3v) is 6.49. The number of benzene rings is 1. The molecule has 39 heavy (non-hydrogen) atoms. The number of carbonyl (C=O) groups is 1. The van der Waals surface area contributed by atoms with Crippen LogP contribution in [0.25, 0.3) is 22.3 Å². The van der Waals surface area contributed by atoms with Crippen LogP contribution in [-0.2, 0) is 0 Å². The van der Waals surface area contributed by atoms with Crippen molar-refractivity contribution in [2.75, 3.05) is 23.3 Å². The molecule has 4 heterocycles. The summed E-state index contributed by atoms with van der Waals surface area (Å²) >= 11 is 5.96. The van der Waals surface area contributed by atoms with Gasteiger partial charge in [0.15, 0.2) is 17.3 Å². The molecule has 1 aliphatic heterocycles. The number of nitrogens with zero attached hydrogens (tertiary/aromatic N) is 4. The van der Waals surface area contributed by atoms with Gasteiger partial charge in [0.05, 0.1) is 39.4 Å². The van der Waals surface area contributed by atoms with Gasteiger partial charge in [-0.15, -0.1) is 37.2 Å². The zero-order valence-corrected chi connectivity index (χ0v) is 23.9. The third-order valence-electron chi connectivity index (χ3n) is 6.20. The van der Waals surface area contributed by atoms with Gasteiger partial charge >= 0.3 is 0 Å². The number of nitrogens with one attached hydrogen (secondary N) is 1. The summed E-state index contributed by atoms with van der Waals surface area (Å²) in [6, 6.07) is 9.92. The Labute approximate surface area is 248 Å². The van der Waals surface area contributed by atoms with Crippen LogP contribution in [-0.4, -0.2) is 45.0 Å². The SMILES string of the molecule is CC(=O)c1cnc2ccc(-c3cc(F)c(O)c(Cl)c3)nc2c1Nc1ccc(N2CCC[C@H](N)C2)nc1.Cl.Cl.Cl. The highest BCUT2D eigenvalue weighted by Crippen LogP contribution is 2.34. The van der Waals surface area contributed by atoms with Crippen LogP contribution in [0.3, 0.4) is 0 Å². The predicted molar refractivity (Wildman–Crippen MR) is 160 cm³/mol. The molecule has 0 unspecified atom stereocenters. The molecule has 1 aromatic carbocycles. The lowest BCUT2D eigenvalue weighted by atomic mass is 10.1. The first-order valence-corrected chi connectivity index (χ1v) is 11.9. The Morgan fingerprint density at radius 3 is 2.56 bits per heavy atom. The van der Waals surface area contributed by atoms with E-state index in [1.165, 1.54) is 19.2 Å². The molecule has 0 aliphatic carbocycles. The molecule has 5 rings (SSSR count). The number of aromatic nitrogens is 3. The molecule has 1 aliphatic rings. The summed E-state index contributed by atoms with van der Waals surface area (Å²) in [5, 5.41) is 12.8. The quantitative estimate of drug-likeness (QED) is 0.223. The maximum atomic E-state index is 14.1. The van der Waals surface area contributed by atoms with Gasteiger partial charge in [0, 0.05) is 30.9 Å². The average molecular weight is 616 g/mol. The Balaban J connectivity index is 0.00000178. The van der Waals surface area contributed by atoms with Gasteiger partial charge in [0.25, 0.3) is 0 Å². The topological polar surface area (TPSA) is 117 Å². The molecule has 0 bridgehead atoms. The number of hydrogen-bond acceptors (Lipinski definition) is 8. The summed E-state index contributed by atoms with van der Waals surface area (Å²) in [7, 11) is 0. The van der Waals surface area contributed by atoms with E-state index >= 15 is 0 Å². The number of phenolic OH excluding ortho intramolecular Hbond substituents is 1. The van der Waals surface area contributed by atoms with Crippen molar-refractivity contribution in [3.63, 3.8) is 0 Å². The fourth-order valence-corrected chi connectivity index (χ4v) is 4.55. The molecular weight excluding hydrogens is 589 g/mol. The van der Waals surface area contributed by atoms with Gasteiger partial charge in [-0.05, 0) is 56.2 Å². The number of phenols is 1. The number of hydrogen-bond donors (Lipinski definition) is 3. The Hall–Kier alpha value is -2.95. The number of halogens is 5. The van der Waals surface area contributed by atoms with E-state index in [1.807, 2.05) is 12.1 Å². The summed E-state index contributed by atoms with van der Waals surface area (Å²) in [6.07, 6.45) is 5.24. The number of Topliss-reactive ketones (excluding diaryl/α,β-unsaturated/α-hetero) is 1. The summed E-state index contributed by atoms with van der Waals surface area (Å²) in [5.41, 5.74) is 9.35. The number of piperidine rings is 1. The lowest BCUT2D eigenvalue weighted by Crippen LogP contribution is -2.43. The van der Waals surface area contributed by atoms with Gasteiger partial charge in [-0.3, -0.25) is 9.78 Å². The summed E-state index contributed by atoms with van der Waals surface area (Å²) in [5.74, 6) is -0.820. The Bertz CT molecular complexity index is 1450. The third kappa shape index (κ3) is 6.80. The maximum absolute atomic E-state index is 14.1. The van der Waals surface area contributed by atoms with Gasteiger partial charge < -0.3 is 21.1 Å². The standard InChI is InChI=1S/C26H24ClFN6O2.3ClH/c1-14(35)18-12-30-22-6-5-21(15-9-19(27)26(36)20(28)10-15)33-25(22)24(18)32-17-4-7-23(31-11-17)34-8-2-3-16(29)13-34;;;/h4-7,9-12,16,36H,2-3,8,13,29H2,1H3,(H,30,32);3*1H/t16-;;;/m0.../s1. The highest BCUT2D eigenvalue weighted by Gasteiger charge is 2.19. The summed E-state index contributed by atoms with van der Waals surface area (Å²) in [6.45, 7) is 3.12. The van der Waals surface area contributed by atoms with E-state index in [2.05, 4.69) is 25.2 Å². The van der Waals surface area contributed by atoms with Crippen LogP contribution in [0.2, 0.25) is 5.02 Å². The molecule has 4 N–H and O–H groups in total. The molecule has 0 spiro atoms. The second-order valence-electron chi connectivity index (χ2n) is 8.83. The molecule has 3 aromatic heterocycles. The first kappa shape index (κ1) is 32.3. The Kier molecular flexibility index (Phi) is 11.1. The fraction of sp³-hybridized carbons (Fsp3) is 0.231. The summed E-state index contributed by atoms with van der Waals surface area (Å²) in [4.78, 5) is 28.2. The number of nitrogens with two attached hydrogens (primary N) is 1. The van der Waals surface area contributed by atoms with E-state index in [0.29, 0.717) is 39.2 Å². The van der Waals surface area contributed by atoms with Crippen molar-refractivity contribution in [3.8, 4) is 17.0 Å². The minimum absolute atomic E-state index is 0. The molecule has 0 saturated carbocycles. The maximum Gasteiger partial charge on any atom is 0.170 e. The van der Waals surface area contributed by atoms with Gasteiger partial charge in [0.2, 0.25) is 0 Å². The largest absolute Gasteiger partial charge is 0.504 e. The zero-order chi connectivity index (χ0) is 25.4. The number of carbonyl (C=O) groups excluding carboxylic acids is 1. The number of ketones is 1. The number of anilines is 3.